The molecule has 2 fully saturated rings. The van der Waals surface area contributed by atoms with Crippen LogP contribution in [0, 0.1) is 11.8 Å². The minimum absolute atomic E-state index is 0.620. The molecule has 3 nitrogen and oxygen atoms in total. The fourth-order valence-corrected chi connectivity index (χ4v) is 3.25. The maximum atomic E-state index is 5.55. The molecule has 0 amide bonds. The molecule has 1 N–H and O–H groups in total. The molecule has 0 aromatic heterocycles. The molecule has 100 valence electrons. The average molecular weight is 240 g/mol. The van der Waals surface area contributed by atoms with Gasteiger partial charge in [0.1, 0.15) is 0 Å². The van der Waals surface area contributed by atoms with Crippen LogP contribution in [0.4, 0.5) is 0 Å². The molecule has 3 heteroatoms. The first-order valence-electron chi connectivity index (χ1n) is 7.16. The van der Waals surface area contributed by atoms with Crippen molar-refractivity contribution in [1.82, 2.24) is 10.2 Å². The second-order valence-corrected chi connectivity index (χ2v) is 6.18. The number of ether oxygens (including phenoxy) is 1. The van der Waals surface area contributed by atoms with E-state index in [9.17, 15) is 0 Å². The van der Waals surface area contributed by atoms with Crippen molar-refractivity contribution in [2.75, 3.05) is 26.3 Å². The minimum atomic E-state index is 0.620. The molecule has 4 unspecified atom stereocenters. The van der Waals surface area contributed by atoms with Crippen molar-refractivity contribution >= 4 is 0 Å². The van der Waals surface area contributed by atoms with E-state index in [0.717, 1.165) is 31.6 Å². The van der Waals surface area contributed by atoms with Crippen LogP contribution >= 0.6 is 0 Å². The number of nitrogens with zero attached hydrogens (tertiary/aromatic N) is 1. The van der Waals surface area contributed by atoms with Crippen molar-refractivity contribution in [1.29, 1.82) is 0 Å². The molecule has 2 aliphatic heterocycles. The Hall–Kier alpha value is -0.120. The Kier molecular flexibility index (Phi) is 4.45. The topological polar surface area (TPSA) is 24.5 Å². The van der Waals surface area contributed by atoms with Gasteiger partial charge in [0.05, 0.1) is 6.61 Å². The van der Waals surface area contributed by atoms with E-state index in [2.05, 4.69) is 37.9 Å². The first-order chi connectivity index (χ1) is 8.09. The molecule has 0 aromatic rings. The highest BCUT2D eigenvalue weighted by Crippen LogP contribution is 2.26. The zero-order chi connectivity index (χ0) is 12.4. The van der Waals surface area contributed by atoms with Gasteiger partial charge in [-0.15, -0.1) is 0 Å². The van der Waals surface area contributed by atoms with Gasteiger partial charge in [-0.1, -0.05) is 13.8 Å². The summed E-state index contributed by atoms with van der Waals surface area (Å²) in [6.45, 7) is 13.6. The lowest BCUT2D eigenvalue weighted by atomic mass is 9.91. The van der Waals surface area contributed by atoms with E-state index in [-0.39, 0.29) is 0 Å². The Morgan fingerprint density at radius 2 is 2.06 bits per heavy atom. The van der Waals surface area contributed by atoms with Crippen molar-refractivity contribution in [2.45, 2.75) is 52.2 Å². The molecule has 17 heavy (non-hydrogen) atoms. The van der Waals surface area contributed by atoms with Crippen LogP contribution in [0.15, 0.2) is 0 Å². The minimum Gasteiger partial charge on any atom is -0.381 e. The van der Waals surface area contributed by atoms with Gasteiger partial charge in [0, 0.05) is 37.8 Å². The van der Waals surface area contributed by atoms with Crippen molar-refractivity contribution in [3.8, 4) is 0 Å². The summed E-state index contributed by atoms with van der Waals surface area (Å²) < 4.78 is 5.55. The first-order valence-corrected chi connectivity index (χ1v) is 7.16. The van der Waals surface area contributed by atoms with Crippen LogP contribution in [0.5, 0.6) is 0 Å². The van der Waals surface area contributed by atoms with Crippen LogP contribution in [0.2, 0.25) is 0 Å². The van der Waals surface area contributed by atoms with Crippen LogP contribution in [-0.2, 0) is 4.74 Å². The lowest BCUT2D eigenvalue weighted by Crippen LogP contribution is -2.61. The summed E-state index contributed by atoms with van der Waals surface area (Å²) in [7, 11) is 0. The highest BCUT2D eigenvalue weighted by molar-refractivity contribution is 4.91. The zero-order valence-corrected chi connectivity index (χ0v) is 11.8. The zero-order valence-electron chi connectivity index (χ0n) is 11.8. The molecule has 2 heterocycles. The van der Waals surface area contributed by atoms with Crippen molar-refractivity contribution < 1.29 is 4.74 Å². The molecular weight excluding hydrogens is 212 g/mol. The van der Waals surface area contributed by atoms with E-state index < -0.39 is 0 Å². The predicted molar refractivity (Wildman–Crippen MR) is 71.2 cm³/mol. The van der Waals surface area contributed by atoms with E-state index in [1.54, 1.807) is 0 Å². The molecule has 2 rings (SSSR count). The Bertz CT molecular complexity index is 238. The lowest BCUT2D eigenvalue weighted by Gasteiger charge is -2.46. The molecule has 2 saturated heterocycles. The summed E-state index contributed by atoms with van der Waals surface area (Å²) in [5, 5.41) is 3.62. The number of rotatable bonds is 3. The number of hydrogen-bond donors (Lipinski definition) is 1. The third-order valence-electron chi connectivity index (χ3n) is 4.53. The van der Waals surface area contributed by atoms with Crippen molar-refractivity contribution in [2.24, 2.45) is 11.8 Å². The maximum absolute atomic E-state index is 5.55. The smallest absolute Gasteiger partial charge is 0.0509 e. The van der Waals surface area contributed by atoms with Gasteiger partial charge >= 0.3 is 0 Å². The van der Waals surface area contributed by atoms with Gasteiger partial charge in [0.15, 0.2) is 0 Å². The van der Waals surface area contributed by atoms with Crippen LogP contribution in [0.3, 0.4) is 0 Å². The van der Waals surface area contributed by atoms with Gasteiger partial charge in [0.2, 0.25) is 0 Å². The van der Waals surface area contributed by atoms with E-state index in [0.29, 0.717) is 18.1 Å². The number of piperazine rings is 1. The molecule has 0 bridgehead atoms. The second-order valence-electron chi connectivity index (χ2n) is 6.18. The van der Waals surface area contributed by atoms with E-state index >= 15 is 0 Å². The SMILES string of the molecule is CC1CN(C(C)C2CCOC2)C(C(C)C)CN1. The fraction of sp³-hybridized carbons (Fsp3) is 1.00. The van der Waals surface area contributed by atoms with Gasteiger partial charge < -0.3 is 10.1 Å². The second kappa shape index (κ2) is 5.68. The highest BCUT2D eigenvalue weighted by Gasteiger charge is 2.35. The molecular formula is C14H28N2O. The molecule has 2 aliphatic rings. The summed E-state index contributed by atoms with van der Waals surface area (Å²) in [6, 6.07) is 1.96. The third kappa shape index (κ3) is 3.01. The first kappa shape index (κ1) is 13.3. The molecule has 0 aromatic carbocycles. The van der Waals surface area contributed by atoms with E-state index in [4.69, 9.17) is 4.74 Å². The Morgan fingerprint density at radius 3 is 2.65 bits per heavy atom. The summed E-state index contributed by atoms with van der Waals surface area (Å²) in [4.78, 5) is 2.73. The highest BCUT2D eigenvalue weighted by atomic mass is 16.5. The van der Waals surface area contributed by atoms with Gasteiger partial charge in [0.25, 0.3) is 0 Å². The van der Waals surface area contributed by atoms with Gasteiger partial charge in [-0.05, 0) is 32.1 Å². The summed E-state index contributed by atoms with van der Waals surface area (Å²) in [5.41, 5.74) is 0. The molecule has 0 aliphatic carbocycles. The lowest BCUT2D eigenvalue weighted by molar-refractivity contribution is 0.0367. The van der Waals surface area contributed by atoms with Crippen LogP contribution < -0.4 is 5.32 Å². The Labute approximate surface area is 106 Å². The van der Waals surface area contributed by atoms with Crippen molar-refractivity contribution in [3.63, 3.8) is 0 Å². The van der Waals surface area contributed by atoms with Crippen LogP contribution in [0.25, 0.3) is 0 Å². The maximum Gasteiger partial charge on any atom is 0.0509 e. The average Bonchev–Trinajstić information content (AvgIpc) is 2.80. The van der Waals surface area contributed by atoms with Crippen LogP contribution in [0.1, 0.15) is 34.1 Å². The summed E-state index contributed by atoms with van der Waals surface area (Å²) in [5.74, 6) is 1.46. The van der Waals surface area contributed by atoms with Gasteiger partial charge in [-0.25, -0.2) is 0 Å². The summed E-state index contributed by atoms with van der Waals surface area (Å²) >= 11 is 0. The molecule has 4 atom stereocenters. The fourth-order valence-electron chi connectivity index (χ4n) is 3.25. The Morgan fingerprint density at radius 1 is 1.29 bits per heavy atom. The van der Waals surface area contributed by atoms with Crippen molar-refractivity contribution in [3.05, 3.63) is 0 Å². The van der Waals surface area contributed by atoms with Crippen LogP contribution in [-0.4, -0.2) is 49.3 Å². The molecule has 0 saturated carbocycles. The largest absolute Gasteiger partial charge is 0.381 e. The predicted octanol–water partition coefficient (Wildman–Crippen LogP) is 1.73. The number of hydrogen-bond acceptors (Lipinski definition) is 3. The van der Waals surface area contributed by atoms with E-state index in [1.165, 1.54) is 13.0 Å². The molecule has 0 spiro atoms. The quantitative estimate of drug-likeness (QED) is 0.813. The van der Waals surface area contributed by atoms with E-state index in [1.807, 2.05) is 0 Å². The molecule has 0 radical (unpaired) electrons. The normalized spacial score (nSPS) is 37.6. The van der Waals surface area contributed by atoms with Gasteiger partial charge in [-0.2, -0.15) is 0 Å². The monoisotopic (exact) mass is 240 g/mol. The summed E-state index contributed by atoms with van der Waals surface area (Å²) in [6.07, 6.45) is 1.24. The third-order valence-corrected chi connectivity index (χ3v) is 4.53. The standard InChI is InChI=1S/C14H28N2O/c1-10(2)14-7-15-11(3)8-16(14)12(4)13-5-6-17-9-13/h10-15H,5-9H2,1-4H3. The number of nitrogens with one attached hydrogen (secondary N) is 1. The van der Waals surface area contributed by atoms with Gasteiger partial charge in [-0.3, -0.25) is 4.90 Å². The Balaban J connectivity index is 2.02.